The number of hydrogen-bond donors (Lipinski definition) is 3. The van der Waals surface area contributed by atoms with Crippen LogP contribution in [0.3, 0.4) is 0 Å². The predicted molar refractivity (Wildman–Crippen MR) is 54.4 cm³/mol. The average molecular weight is 174 g/mol. The summed E-state index contributed by atoms with van der Waals surface area (Å²) >= 11 is 0. The number of benzene rings is 2. The Bertz CT molecular complexity index is 460. The molecule has 0 unspecified atom stereocenters. The van der Waals surface area contributed by atoms with Crippen molar-refractivity contribution < 1.29 is 5.11 Å². The van der Waals surface area contributed by atoms with E-state index in [4.69, 9.17) is 11.5 Å². The summed E-state index contributed by atoms with van der Waals surface area (Å²) in [6.45, 7) is 0. The predicted octanol–water partition coefficient (Wildman–Crippen LogP) is 1.71. The first-order valence-corrected chi connectivity index (χ1v) is 3.95. The summed E-state index contributed by atoms with van der Waals surface area (Å²) in [5, 5.41) is 11.2. The summed E-state index contributed by atoms with van der Waals surface area (Å²) in [4.78, 5) is 0. The molecule has 0 aliphatic rings. The van der Waals surface area contributed by atoms with Crippen molar-refractivity contribution in [1.29, 1.82) is 0 Å². The zero-order valence-corrected chi connectivity index (χ0v) is 6.99. The summed E-state index contributed by atoms with van der Waals surface area (Å²) in [7, 11) is 0. The van der Waals surface area contributed by atoms with Gasteiger partial charge in [-0.05, 0) is 23.6 Å². The highest BCUT2D eigenvalue weighted by Crippen LogP contribution is 2.31. The normalized spacial score (nSPS) is 10.5. The van der Waals surface area contributed by atoms with Crippen LogP contribution in [0.4, 0.5) is 11.4 Å². The van der Waals surface area contributed by atoms with Crippen LogP contribution in [0.5, 0.6) is 5.75 Å². The fourth-order valence-electron chi connectivity index (χ4n) is 1.34. The molecule has 0 aliphatic carbocycles. The summed E-state index contributed by atoms with van der Waals surface area (Å²) in [5.74, 6) is 0.102. The third-order valence-corrected chi connectivity index (χ3v) is 2.05. The second-order valence-electron chi connectivity index (χ2n) is 2.98. The summed E-state index contributed by atoms with van der Waals surface area (Å²) in [6, 6.07) is 8.88. The molecule has 2 aromatic rings. The maximum Gasteiger partial charge on any atom is 0.146 e. The molecule has 0 saturated heterocycles. The van der Waals surface area contributed by atoms with Crippen LogP contribution < -0.4 is 11.5 Å². The highest BCUT2D eigenvalue weighted by atomic mass is 16.3. The van der Waals surface area contributed by atoms with Crippen molar-refractivity contribution in [2.45, 2.75) is 0 Å². The van der Waals surface area contributed by atoms with Crippen LogP contribution in [-0.4, -0.2) is 5.11 Å². The van der Waals surface area contributed by atoms with Crippen LogP contribution >= 0.6 is 0 Å². The van der Waals surface area contributed by atoms with E-state index in [1.54, 1.807) is 18.2 Å². The molecule has 0 radical (unpaired) electrons. The van der Waals surface area contributed by atoms with E-state index in [9.17, 15) is 5.11 Å². The molecule has 0 atom stereocenters. The van der Waals surface area contributed by atoms with Gasteiger partial charge in [0, 0.05) is 11.1 Å². The average Bonchev–Trinajstić information content (AvgIpc) is 2.12. The molecule has 0 saturated carbocycles. The second-order valence-corrected chi connectivity index (χ2v) is 2.98. The maximum atomic E-state index is 9.60. The Hall–Kier alpha value is -1.90. The monoisotopic (exact) mass is 174 g/mol. The third-order valence-electron chi connectivity index (χ3n) is 2.05. The maximum absolute atomic E-state index is 9.60. The van der Waals surface area contributed by atoms with Crippen molar-refractivity contribution in [2.75, 3.05) is 11.5 Å². The first-order valence-electron chi connectivity index (χ1n) is 3.95. The standard InChI is InChI=1S/C10H10N2O/c11-7-3-1-6-2-4-9(12)10(13)8(6)5-7/h1-5,13H,11-12H2. The lowest BCUT2D eigenvalue weighted by Crippen LogP contribution is -1.88. The first-order chi connectivity index (χ1) is 6.18. The van der Waals surface area contributed by atoms with Gasteiger partial charge in [-0.25, -0.2) is 0 Å². The Labute approximate surface area is 75.6 Å². The molecule has 3 heteroatoms. The van der Waals surface area contributed by atoms with E-state index in [1.807, 2.05) is 12.1 Å². The van der Waals surface area contributed by atoms with Crippen molar-refractivity contribution in [3.8, 4) is 5.75 Å². The van der Waals surface area contributed by atoms with Gasteiger partial charge >= 0.3 is 0 Å². The molecule has 2 rings (SSSR count). The molecular weight excluding hydrogens is 164 g/mol. The van der Waals surface area contributed by atoms with Crippen LogP contribution in [0.1, 0.15) is 0 Å². The van der Waals surface area contributed by atoms with Gasteiger partial charge in [0.25, 0.3) is 0 Å². The van der Waals surface area contributed by atoms with Crippen LogP contribution in [0.25, 0.3) is 10.8 Å². The van der Waals surface area contributed by atoms with Gasteiger partial charge in [-0.3, -0.25) is 0 Å². The summed E-state index contributed by atoms with van der Waals surface area (Å²) < 4.78 is 0. The number of phenolic OH excluding ortho intramolecular Hbond substituents is 1. The van der Waals surface area contributed by atoms with E-state index in [-0.39, 0.29) is 5.75 Å². The minimum absolute atomic E-state index is 0.102. The van der Waals surface area contributed by atoms with Gasteiger partial charge in [0.2, 0.25) is 0 Å². The minimum atomic E-state index is 0.102. The number of phenols is 1. The lowest BCUT2D eigenvalue weighted by atomic mass is 10.1. The quantitative estimate of drug-likeness (QED) is 0.420. The molecule has 13 heavy (non-hydrogen) atoms. The largest absolute Gasteiger partial charge is 0.505 e. The van der Waals surface area contributed by atoms with Crippen molar-refractivity contribution in [2.24, 2.45) is 0 Å². The SMILES string of the molecule is Nc1ccc2ccc(N)c(O)c2c1. The number of anilines is 2. The van der Waals surface area contributed by atoms with Gasteiger partial charge in [0.15, 0.2) is 0 Å². The van der Waals surface area contributed by atoms with Gasteiger partial charge in [0.05, 0.1) is 5.69 Å². The molecule has 0 aromatic heterocycles. The number of rotatable bonds is 0. The van der Waals surface area contributed by atoms with Crippen molar-refractivity contribution in [1.82, 2.24) is 0 Å². The molecule has 0 fully saturated rings. The molecule has 0 aliphatic heterocycles. The first kappa shape index (κ1) is 7.73. The fourth-order valence-corrected chi connectivity index (χ4v) is 1.34. The van der Waals surface area contributed by atoms with Crippen LogP contribution in [0.2, 0.25) is 0 Å². The zero-order valence-electron chi connectivity index (χ0n) is 6.99. The number of nitrogen functional groups attached to an aromatic ring is 2. The van der Waals surface area contributed by atoms with Crippen LogP contribution in [0, 0.1) is 0 Å². The Morgan fingerprint density at radius 2 is 1.69 bits per heavy atom. The topological polar surface area (TPSA) is 72.3 Å². The Morgan fingerprint density at radius 3 is 2.46 bits per heavy atom. The van der Waals surface area contributed by atoms with Crippen LogP contribution in [0.15, 0.2) is 30.3 Å². The molecule has 3 nitrogen and oxygen atoms in total. The lowest BCUT2D eigenvalue weighted by molar-refractivity contribution is 0.484. The highest BCUT2D eigenvalue weighted by molar-refractivity contribution is 5.94. The number of nitrogens with two attached hydrogens (primary N) is 2. The molecule has 0 amide bonds. The molecular formula is C10H10N2O. The van der Waals surface area contributed by atoms with E-state index in [0.29, 0.717) is 16.8 Å². The van der Waals surface area contributed by atoms with Crippen molar-refractivity contribution in [3.05, 3.63) is 30.3 Å². The molecule has 0 heterocycles. The van der Waals surface area contributed by atoms with E-state index < -0.39 is 0 Å². The van der Waals surface area contributed by atoms with Gasteiger partial charge in [0.1, 0.15) is 5.75 Å². The Kier molecular flexibility index (Phi) is 1.52. The third kappa shape index (κ3) is 1.14. The summed E-state index contributed by atoms with van der Waals surface area (Å²) in [6.07, 6.45) is 0. The fraction of sp³-hybridized carbons (Fsp3) is 0. The van der Waals surface area contributed by atoms with Crippen molar-refractivity contribution in [3.63, 3.8) is 0 Å². The van der Waals surface area contributed by atoms with Crippen molar-refractivity contribution >= 4 is 22.1 Å². The molecule has 2 aromatic carbocycles. The Morgan fingerprint density at radius 1 is 1.00 bits per heavy atom. The highest BCUT2D eigenvalue weighted by Gasteiger charge is 2.02. The Balaban J connectivity index is 2.89. The molecule has 66 valence electrons. The number of aromatic hydroxyl groups is 1. The van der Waals surface area contributed by atoms with E-state index in [2.05, 4.69) is 0 Å². The lowest BCUT2D eigenvalue weighted by Gasteiger charge is -2.04. The molecule has 5 N–H and O–H groups in total. The van der Waals surface area contributed by atoms with Gasteiger partial charge in [-0.15, -0.1) is 0 Å². The number of hydrogen-bond acceptors (Lipinski definition) is 3. The second kappa shape index (κ2) is 2.55. The summed E-state index contributed by atoms with van der Waals surface area (Å²) in [5.41, 5.74) is 12.1. The molecule has 0 spiro atoms. The van der Waals surface area contributed by atoms with Gasteiger partial charge < -0.3 is 16.6 Å². The number of fused-ring (bicyclic) bond motifs is 1. The van der Waals surface area contributed by atoms with E-state index in [1.165, 1.54) is 0 Å². The molecule has 0 bridgehead atoms. The van der Waals surface area contributed by atoms with Crippen LogP contribution in [-0.2, 0) is 0 Å². The minimum Gasteiger partial charge on any atom is -0.505 e. The van der Waals surface area contributed by atoms with Gasteiger partial charge in [-0.1, -0.05) is 12.1 Å². The smallest absolute Gasteiger partial charge is 0.146 e. The van der Waals surface area contributed by atoms with E-state index in [0.717, 1.165) is 5.39 Å². The zero-order chi connectivity index (χ0) is 9.42. The van der Waals surface area contributed by atoms with E-state index >= 15 is 0 Å². The van der Waals surface area contributed by atoms with Gasteiger partial charge in [-0.2, -0.15) is 0 Å².